The zero-order chi connectivity index (χ0) is 23.3. The fraction of sp³-hybridized carbons (Fsp3) is 0.241. The smallest absolute Gasteiger partial charge is 0.256 e. The lowest BCUT2D eigenvalue weighted by atomic mass is 9.93. The van der Waals surface area contributed by atoms with Crippen molar-refractivity contribution in [1.29, 1.82) is 0 Å². The van der Waals surface area contributed by atoms with E-state index >= 15 is 0 Å². The number of amides is 1. The number of rotatable bonds is 6. The van der Waals surface area contributed by atoms with Crippen LogP contribution in [0.1, 0.15) is 33.9 Å². The number of hydrogen-bond acceptors (Lipinski definition) is 4. The summed E-state index contributed by atoms with van der Waals surface area (Å²) >= 11 is 0. The van der Waals surface area contributed by atoms with Crippen molar-refractivity contribution in [3.8, 4) is 0 Å². The SMILES string of the molecule is O=C(c1cncc2ccccc12)N1CCN(C(c2ccccc2)c2ccccc2)C(CCO)C1. The number of carbonyl (C=O) groups excluding carboxylic acids is 1. The van der Waals surface area contributed by atoms with Crippen LogP contribution in [0, 0.1) is 0 Å². The quantitative estimate of drug-likeness (QED) is 0.468. The Morgan fingerprint density at radius 3 is 2.21 bits per heavy atom. The molecule has 4 aromatic rings. The fourth-order valence-corrected chi connectivity index (χ4v) is 5.10. The third-order valence-corrected chi connectivity index (χ3v) is 6.74. The molecular weight excluding hydrogens is 422 g/mol. The van der Waals surface area contributed by atoms with Crippen molar-refractivity contribution in [1.82, 2.24) is 14.8 Å². The first kappa shape index (κ1) is 22.3. The summed E-state index contributed by atoms with van der Waals surface area (Å²) < 4.78 is 0. The van der Waals surface area contributed by atoms with Gasteiger partial charge in [0.15, 0.2) is 0 Å². The highest BCUT2D eigenvalue weighted by atomic mass is 16.3. The van der Waals surface area contributed by atoms with Crippen molar-refractivity contribution in [3.05, 3.63) is 114 Å². The molecule has 1 aliphatic rings. The van der Waals surface area contributed by atoms with Crippen molar-refractivity contribution in [2.75, 3.05) is 26.2 Å². The van der Waals surface area contributed by atoms with Crippen LogP contribution in [-0.4, -0.2) is 58.1 Å². The first-order valence-electron chi connectivity index (χ1n) is 11.8. The number of carbonyl (C=O) groups is 1. The lowest BCUT2D eigenvalue weighted by Gasteiger charge is -2.45. The molecule has 1 atom stereocenters. The van der Waals surface area contributed by atoms with E-state index in [2.05, 4.69) is 58.4 Å². The second-order valence-electron chi connectivity index (χ2n) is 8.79. The first-order valence-corrected chi connectivity index (χ1v) is 11.8. The van der Waals surface area contributed by atoms with Gasteiger partial charge in [-0.1, -0.05) is 84.9 Å². The van der Waals surface area contributed by atoms with E-state index in [9.17, 15) is 9.90 Å². The van der Waals surface area contributed by atoms with E-state index in [1.54, 1.807) is 12.4 Å². The largest absolute Gasteiger partial charge is 0.396 e. The Morgan fingerprint density at radius 1 is 0.882 bits per heavy atom. The van der Waals surface area contributed by atoms with Crippen molar-refractivity contribution in [2.24, 2.45) is 0 Å². The first-order chi connectivity index (χ1) is 16.8. The standard InChI is InChI=1S/C29H29N3O2/c33-18-15-25-21-31(29(34)27-20-30-19-24-13-7-8-14-26(24)27)16-17-32(25)28(22-9-3-1-4-10-22)23-11-5-2-6-12-23/h1-14,19-20,25,28,33H,15-18,21H2. The molecule has 1 aliphatic heterocycles. The summed E-state index contributed by atoms with van der Waals surface area (Å²) in [5, 5.41) is 11.8. The average molecular weight is 452 g/mol. The van der Waals surface area contributed by atoms with Crippen LogP contribution in [0.25, 0.3) is 10.8 Å². The van der Waals surface area contributed by atoms with Gasteiger partial charge in [0, 0.05) is 50.1 Å². The minimum atomic E-state index is 0.00265. The highest BCUT2D eigenvalue weighted by molar-refractivity contribution is 6.06. The van der Waals surface area contributed by atoms with Crippen LogP contribution in [0.4, 0.5) is 0 Å². The van der Waals surface area contributed by atoms with Crippen LogP contribution in [0.2, 0.25) is 0 Å². The number of aliphatic hydroxyl groups excluding tert-OH is 1. The van der Waals surface area contributed by atoms with Gasteiger partial charge >= 0.3 is 0 Å². The van der Waals surface area contributed by atoms with E-state index in [0.29, 0.717) is 25.1 Å². The van der Waals surface area contributed by atoms with Crippen LogP contribution < -0.4 is 0 Å². The summed E-state index contributed by atoms with van der Waals surface area (Å²) in [6.07, 6.45) is 4.07. The van der Waals surface area contributed by atoms with Gasteiger partial charge in [0.05, 0.1) is 11.6 Å². The normalized spacial score (nSPS) is 16.8. The maximum atomic E-state index is 13.6. The minimum Gasteiger partial charge on any atom is -0.396 e. The van der Waals surface area contributed by atoms with Crippen molar-refractivity contribution in [2.45, 2.75) is 18.5 Å². The molecule has 1 aromatic heterocycles. The Hall–Kier alpha value is -3.54. The molecular formula is C29H29N3O2. The third kappa shape index (κ3) is 4.45. The maximum Gasteiger partial charge on any atom is 0.256 e. The van der Waals surface area contributed by atoms with Gasteiger partial charge in [-0.15, -0.1) is 0 Å². The predicted octanol–water partition coefficient (Wildman–Crippen LogP) is 4.53. The lowest BCUT2D eigenvalue weighted by Crippen LogP contribution is -2.56. The van der Waals surface area contributed by atoms with E-state index in [1.165, 1.54) is 11.1 Å². The second-order valence-corrected chi connectivity index (χ2v) is 8.79. The van der Waals surface area contributed by atoms with E-state index < -0.39 is 0 Å². The number of pyridine rings is 1. The number of aromatic nitrogens is 1. The molecule has 0 bridgehead atoms. The average Bonchev–Trinajstić information content (AvgIpc) is 2.90. The molecule has 2 heterocycles. The van der Waals surface area contributed by atoms with Gasteiger partial charge in [-0.25, -0.2) is 0 Å². The van der Waals surface area contributed by atoms with Gasteiger partial charge < -0.3 is 10.0 Å². The summed E-state index contributed by atoms with van der Waals surface area (Å²) in [6.45, 7) is 2.00. The number of piperazine rings is 1. The topological polar surface area (TPSA) is 56.7 Å². The van der Waals surface area contributed by atoms with Crippen LogP contribution in [-0.2, 0) is 0 Å². The molecule has 5 nitrogen and oxygen atoms in total. The summed E-state index contributed by atoms with van der Waals surface area (Å²) in [4.78, 5) is 22.3. The van der Waals surface area contributed by atoms with E-state index in [4.69, 9.17) is 0 Å². The molecule has 1 unspecified atom stereocenters. The molecule has 1 amide bonds. The Labute approximate surface area is 200 Å². The molecule has 0 saturated carbocycles. The van der Waals surface area contributed by atoms with Gasteiger partial charge in [-0.3, -0.25) is 14.7 Å². The van der Waals surface area contributed by atoms with Crippen LogP contribution >= 0.6 is 0 Å². The molecule has 3 aromatic carbocycles. The zero-order valence-corrected chi connectivity index (χ0v) is 19.1. The fourth-order valence-electron chi connectivity index (χ4n) is 5.10. The molecule has 5 rings (SSSR count). The van der Waals surface area contributed by atoms with Crippen molar-refractivity contribution < 1.29 is 9.90 Å². The number of benzene rings is 3. The van der Waals surface area contributed by atoms with Crippen LogP contribution in [0.5, 0.6) is 0 Å². The number of hydrogen-bond donors (Lipinski definition) is 1. The predicted molar refractivity (Wildman–Crippen MR) is 135 cm³/mol. The molecule has 172 valence electrons. The molecule has 34 heavy (non-hydrogen) atoms. The van der Waals surface area contributed by atoms with Gasteiger partial charge in [-0.2, -0.15) is 0 Å². The van der Waals surface area contributed by atoms with Gasteiger partial charge in [-0.05, 0) is 22.9 Å². The molecule has 0 radical (unpaired) electrons. The molecule has 0 spiro atoms. The molecule has 1 fully saturated rings. The number of aliphatic hydroxyl groups is 1. The Balaban J connectivity index is 1.45. The monoisotopic (exact) mass is 451 g/mol. The summed E-state index contributed by atoms with van der Waals surface area (Å²) in [5.41, 5.74) is 3.07. The Kier molecular flexibility index (Phi) is 6.65. The number of fused-ring (bicyclic) bond motifs is 1. The molecule has 5 heteroatoms. The van der Waals surface area contributed by atoms with E-state index in [1.807, 2.05) is 41.3 Å². The summed E-state index contributed by atoms with van der Waals surface area (Å²) in [5.74, 6) is 0.00265. The van der Waals surface area contributed by atoms with Gasteiger partial charge in [0.25, 0.3) is 5.91 Å². The number of nitrogens with zero attached hydrogens (tertiary/aromatic N) is 3. The molecule has 0 aliphatic carbocycles. The highest BCUT2D eigenvalue weighted by Crippen LogP contribution is 2.33. The lowest BCUT2D eigenvalue weighted by molar-refractivity contribution is 0.0312. The Morgan fingerprint density at radius 2 is 1.53 bits per heavy atom. The van der Waals surface area contributed by atoms with E-state index in [0.717, 1.165) is 17.3 Å². The zero-order valence-electron chi connectivity index (χ0n) is 19.1. The highest BCUT2D eigenvalue weighted by Gasteiger charge is 2.35. The molecule has 1 N–H and O–H groups in total. The van der Waals surface area contributed by atoms with Crippen LogP contribution in [0.15, 0.2) is 97.3 Å². The minimum absolute atomic E-state index is 0.00265. The maximum absolute atomic E-state index is 13.6. The molecule has 1 saturated heterocycles. The van der Waals surface area contributed by atoms with Crippen LogP contribution in [0.3, 0.4) is 0 Å². The Bertz CT molecular complexity index is 1200. The van der Waals surface area contributed by atoms with Crippen molar-refractivity contribution in [3.63, 3.8) is 0 Å². The second kappa shape index (κ2) is 10.2. The summed E-state index contributed by atoms with van der Waals surface area (Å²) in [6, 6.07) is 29.0. The van der Waals surface area contributed by atoms with Gasteiger partial charge in [0.2, 0.25) is 0 Å². The third-order valence-electron chi connectivity index (χ3n) is 6.74. The van der Waals surface area contributed by atoms with E-state index in [-0.39, 0.29) is 24.6 Å². The summed E-state index contributed by atoms with van der Waals surface area (Å²) in [7, 11) is 0. The van der Waals surface area contributed by atoms with Crippen molar-refractivity contribution >= 4 is 16.7 Å². The van der Waals surface area contributed by atoms with Gasteiger partial charge in [0.1, 0.15) is 0 Å².